The molecule has 6 heteroatoms. The largest absolute Gasteiger partial charge is 0.332 e. The third kappa shape index (κ3) is 4.71. The second-order valence-electron chi connectivity index (χ2n) is 8.03. The van der Waals surface area contributed by atoms with Crippen LogP contribution in [0.5, 0.6) is 0 Å². The Labute approximate surface area is 177 Å². The van der Waals surface area contributed by atoms with E-state index in [0.717, 1.165) is 50.4 Å². The van der Waals surface area contributed by atoms with Crippen molar-refractivity contribution in [1.29, 1.82) is 0 Å². The average molecular weight is 406 g/mol. The van der Waals surface area contributed by atoms with Crippen LogP contribution in [-0.2, 0) is 16.0 Å². The number of anilines is 1. The summed E-state index contributed by atoms with van der Waals surface area (Å²) in [5, 5.41) is 1.48. The van der Waals surface area contributed by atoms with Crippen molar-refractivity contribution < 1.29 is 14.5 Å². The summed E-state index contributed by atoms with van der Waals surface area (Å²) in [6.45, 7) is 6.47. The van der Waals surface area contributed by atoms with Crippen molar-refractivity contribution in [2.24, 2.45) is 0 Å². The molecule has 30 heavy (non-hydrogen) atoms. The quantitative estimate of drug-likeness (QED) is 0.783. The van der Waals surface area contributed by atoms with Gasteiger partial charge in [0.05, 0.1) is 38.4 Å². The molecule has 2 aliphatic rings. The number of amides is 2. The van der Waals surface area contributed by atoms with Gasteiger partial charge in [0.1, 0.15) is 5.70 Å². The van der Waals surface area contributed by atoms with E-state index in [4.69, 9.17) is 0 Å². The molecule has 2 aromatic carbocycles. The highest BCUT2D eigenvalue weighted by Gasteiger charge is 2.29. The molecule has 0 saturated carbocycles. The summed E-state index contributed by atoms with van der Waals surface area (Å²) in [7, 11) is 0. The predicted octanol–water partition coefficient (Wildman–Crippen LogP) is 1.09. The first-order chi connectivity index (χ1) is 14.6. The van der Waals surface area contributed by atoms with Crippen LogP contribution in [0, 0.1) is 6.92 Å². The number of hydrogen-bond donors (Lipinski definition) is 2. The lowest BCUT2D eigenvalue weighted by molar-refractivity contribution is -0.903. The SMILES string of the molecule is Cc1ccc(N2NC(C(=O)N3CC[NH+](CCc4ccccc4)CC3)=CCC2=O)cc1. The molecule has 1 saturated heterocycles. The third-order valence-corrected chi connectivity index (χ3v) is 5.85. The second-order valence-corrected chi connectivity index (χ2v) is 8.03. The number of aryl methyl sites for hydroxylation is 1. The van der Waals surface area contributed by atoms with Crippen LogP contribution in [0.25, 0.3) is 0 Å². The summed E-state index contributed by atoms with van der Waals surface area (Å²) in [6.07, 6.45) is 3.00. The molecule has 0 aromatic heterocycles. The molecule has 2 aromatic rings. The molecule has 0 atom stereocenters. The van der Waals surface area contributed by atoms with Gasteiger partial charge in [0.15, 0.2) is 0 Å². The molecule has 156 valence electrons. The zero-order chi connectivity index (χ0) is 20.9. The Morgan fingerprint density at radius 2 is 1.73 bits per heavy atom. The van der Waals surface area contributed by atoms with Gasteiger partial charge < -0.3 is 9.80 Å². The number of benzene rings is 2. The second kappa shape index (κ2) is 9.13. The van der Waals surface area contributed by atoms with Crippen LogP contribution in [0.2, 0.25) is 0 Å². The molecule has 0 aliphatic carbocycles. The lowest BCUT2D eigenvalue weighted by Crippen LogP contribution is -3.15. The van der Waals surface area contributed by atoms with Gasteiger partial charge in [-0.1, -0.05) is 48.0 Å². The first-order valence-electron chi connectivity index (χ1n) is 10.6. The summed E-state index contributed by atoms with van der Waals surface area (Å²) in [5.41, 5.74) is 6.77. The molecule has 0 bridgehead atoms. The van der Waals surface area contributed by atoms with Gasteiger partial charge in [0.2, 0.25) is 5.91 Å². The fraction of sp³-hybridized carbons (Fsp3) is 0.333. The standard InChI is InChI=1S/C24H28N4O2/c1-19-7-9-21(10-8-19)28-23(29)12-11-22(25-28)24(30)27-17-15-26(16-18-27)14-13-20-5-3-2-4-6-20/h2-11,25H,12-18H2,1H3/p+1. The van der Waals surface area contributed by atoms with E-state index in [1.165, 1.54) is 15.5 Å². The van der Waals surface area contributed by atoms with Gasteiger partial charge in [0.25, 0.3) is 5.91 Å². The molecular formula is C24H29N4O2+. The summed E-state index contributed by atoms with van der Waals surface area (Å²) in [4.78, 5) is 28.8. The number of carbonyl (C=O) groups is 2. The number of rotatable bonds is 5. The lowest BCUT2D eigenvalue weighted by atomic mass is 10.1. The van der Waals surface area contributed by atoms with E-state index in [-0.39, 0.29) is 18.2 Å². The Kier molecular flexibility index (Phi) is 6.14. The van der Waals surface area contributed by atoms with Crippen molar-refractivity contribution in [2.45, 2.75) is 19.8 Å². The highest BCUT2D eigenvalue weighted by Crippen LogP contribution is 2.19. The Bertz CT molecular complexity index is 916. The van der Waals surface area contributed by atoms with Gasteiger partial charge in [0, 0.05) is 12.8 Å². The smallest absolute Gasteiger partial charge is 0.271 e. The summed E-state index contributed by atoms with van der Waals surface area (Å²) in [5.74, 6) is -0.0905. The number of quaternary nitrogens is 1. The summed E-state index contributed by atoms with van der Waals surface area (Å²) < 4.78 is 0. The van der Waals surface area contributed by atoms with E-state index in [1.807, 2.05) is 42.2 Å². The van der Waals surface area contributed by atoms with Gasteiger partial charge in [-0.3, -0.25) is 15.0 Å². The zero-order valence-corrected chi connectivity index (χ0v) is 17.4. The van der Waals surface area contributed by atoms with Crippen LogP contribution in [0.15, 0.2) is 66.4 Å². The van der Waals surface area contributed by atoms with E-state index in [2.05, 4.69) is 29.7 Å². The number of nitrogens with zero attached hydrogens (tertiary/aromatic N) is 2. The van der Waals surface area contributed by atoms with E-state index < -0.39 is 0 Å². The van der Waals surface area contributed by atoms with Crippen molar-refractivity contribution in [3.8, 4) is 0 Å². The van der Waals surface area contributed by atoms with Crippen molar-refractivity contribution in [2.75, 3.05) is 37.7 Å². The number of nitrogens with one attached hydrogen (secondary N) is 2. The van der Waals surface area contributed by atoms with Gasteiger partial charge in [-0.2, -0.15) is 0 Å². The average Bonchev–Trinajstić information content (AvgIpc) is 2.79. The molecule has 2 heterocycles. The molecule has 6 nitrogen and oxygen atoms in total. The fourth-order valence-electron chi connectivity index (χ4n) is 3.96. The maximum atomic E-state index is 13.0. The highest BCUT2D eigenvalue weighted by molar-refractivity contribution is 6.01. The minimum Gasteiger partial charge on any atom is -0.332 e. The van der Waals surface area contributed by atoms with Crippen LogP contribution in [0.1, 0.15) is 17.5 Å². The van der Waals surface area contributed by atoms with E-state index in [9.17, 15) is 9.59 Å². The van der Waals surface area contributed by atoms with E-state index >= 15 is 0 Å². The maximum Gasteiger partial charge on any atom is 0.271 e. The number of carbonyl (C=O) groups excluding carboxylic acids is 2. The molecular weight excluding hydrogens is 376 g/mol. The van der Waals surface area contributed by atoms with Crippen molar-refractivity contribution in [1.82, 2.24) is 10.3 Å². The van der Waals surface area contributed by atoms with E-state index in [0.29, 0.717) is 5.70 Å². The van der Waals surface area contributed by atoms with Gasteiger partial charge in [-0.25, -0.2) is 5.01 Å². The van der Waals surface area contributed by atoms with Crippen molar-refractivity contribution in [3.05, 3.63) is 77.5 Å². The fourth-order valence-corrected chi connectivity index (χ4v) is 3.96. The topological polar surface area (TPSA) is 57.1 Å². The Balaban J connectivity index is 1.31. The number of hydrogen-bond acceptors (Lipinski definition) is 3. The first-order valence-corrected chi connectivity index (χ1v) is 10.6. The summed E-state index contributed by atoms with van der Waals surface area (Å²) >= 11 is 0. The molecule has 1 fully saturated rings. The highest BCUT2D eigenvalue weighted by atomic mass is 16.2. The molecule has 0 unspecified atom stereocenters. The van der Waals surface area contributed by atoms with Crippen LogP contribution in [0.4, 0.5) is 5.69 Å². The third-order valence-electron chi connectivity index (χ3n) is 5.85. The van der Waals surface area contributed by atoms with Crippen LogP contribution < -0.4 is 15.3 Å². The van der Waals surface area contributed by atoms with Crippen molar-refractivity contribution >= 4 is 17.5 Å². The van der Waals surface area contributed by atoms with E-state index in [1.54, 1.807) is 6.08 Å². The van der Waals surface area contributed by atoms with Gasteiger partial charge in [-0.05, 0) is 30.7 Å². The number of piperazine rings is 1. The Morgan fingerprint density at radius 1 is 1.03 bits per heavy atom. The zero-order valence-electron chi connectivity index (χ0n) is 17.4. The normalized spacial score (nSPS) is 17.5. The monoisotopic (exact) mass is 405 g/mol. The van der Waals surface area contributed by atoms with Crippen LogP contribution in [-0.4, -0.2) is 49.4 Å². The van der Waals surface area contributed by atoms with Gasteiger partial charge >= 0.3 is 0 Å². The van der Waals surface area contributed by atoms with Crippen LogP contribution >= 0.6 is 0 Å². The molecule has 2 amide bonds. The number of hydrazine groups is 1. The minimum atomic E-state index is -0.0643. The first kappa shape index (κ1) is 20.2. The molecule has 4 rings (SSSR count). The lowest BCUT2D eigenvalue weighted by Gasteiger charge is -2.35. The minimum absolute atomic E-state index is 0.0262. The Hall–Kier alpha value is -3.12. The predicted molar refractivity (Wildman–Crippen MR) is 117 cm³/mol. The van der Waals surface area contributed by atoms with Gasteiger partial charge in [-0.15, -0.1) is 0 Å². The molecule has 0 spiro atoms. The summed E-state index contributed by atoms with van der Waals surface area (Å²) in [6, 6.07) is 18.2. The molecule has 2 N–H and O–H groups in total. The molecule has 0 radical (unpaired) electrons. The Morgan fingerprint density at radius 3 is 2.43 bits per heavy atom. The van der Waals surface area contributed by atoms with Crippen molar-refractivity contribution in [3.63, 3.8) is 0 Å². The maximum absolute atomic E-state index is 13.0. The van der Waals surface area contributed by atoms with Crippen LogP contribution in [0.3, 0.4) is 0 Å². The molecule has 2 aliphatic heterocycles.